The molecule has 4 rings (SSSR count). The third kappa shape index (κ3) is 2.77. The fourth-order valence-electron chi connectivity index (χ4n) is 3.78. The fraction of sp³-hybridized carbons (Fsp3) is 0.556. The Morgan fingerprint density at radius 2 is 2.04 bits per heavy atom. The Labute approximate surface area is 146 Å². The zero-order valence-corrected chi connectivity index (χ0v) is 14.3. The monoisotopic (exact) mass is 346 g/mol. The number of carbonyl (C=O) groups is 2. The van der Waals surface area contributed by atoms with Crippen molar-refractivity contribution in [3.8, 4) is 11.5 Å². The van der Waals surface area contributed by atoms with Gasteiger partial charge in [0.05, 0.1) is 5.54 Å². The van der Waals surface area contributed by atoms with Gasteiger partial charge in [0.1, 0.15) is 6.61 Å². The highest BCUT2D eigenvalue weighted by Crippen LogP contribution is 2.34. The number of hydrogen-bond donors (Lipinski definition) is 0. The highest BCUT2D eigenvalue weighted by molar-refractivity contribution is 5.78. The number of nitrogens with zero attached hydrogens (tertiary/aromatic N) is 2. The molecule has 1 unspecified atom stereocenters. The fourth-order valence-corrected chi connectivity index (χ4v) is 3.78. The molecule has 134 valence electrons. The maximum absolute atomic E-state index is 12.7. The lowest BCUT2D eigenvalue weighted by atomic mass is 9.92. The topological polar surface area (TPSA) is 68.3 Å². The molecular weight excluding hydrogens is 324 g/mol. The molecule has 0 radical (unpaired) electrons. The van der Waals surface area contributed by atoms with Crippen LogP contribution in [0.5, 0.6) is 11.5 Å². The van der Waals surface area contributed by atoms with Crippen LogP contribution in [0.4, 0.5) is 4.79 Å². The first-order chi connectivity index (χ1) is 12.1. The van der Waals surface area contributed by atoms with Gasteiger partial charge in [-0.1, -0.05) is 13.0 Å². The first-order valence-corrected chi connectivity index (χ1v) is 8.72. The molecule has 7 heteroatoms. The quantitative estimate of drug-likeness (QED) is 0.831. The number of ether oxygens (including phenoxy) is 3. The average Bonchev–Trinajstić information content (AvgIpc) is 3.24. The molecule has 3 aliphatic heterocycles. The van der Waals surface area contributed by atoms with Crippen LogP contribution in [0.1, 0.15) is 25.3 Å². The number of carbonyl (C=O) groups excluding carboxylic acids is 2. The SMILES string of the molecule is CCC12COC(=O)N1CCN(C(=O)CCc1ccc3c(c1)OCO3)C2. The van der Waals surface area contributed by atoms with E-state index in [4.69, 9.17) is 14.2 Å². The average molecular weight is 346 g/mol. The standard InChI is InChI=1S/C18H22N2O5/c1-2-18-10-19(7-8-20(18)17(22)23-11-18)16(21)6-4-13-3-5-14-15(9-13)25-12-24-14/h3,5,9H,2,4,6-8,10-12H2,1H3. The molecule has 0 saturated carbocycles. The zero-order valence-electron chi connectivity index (χ0n) is 14.3. The van der Waals surface area contributed by atoms with Crippen LogP contribution >= 0.6 is 0 Å². The van der Waals surface area contributed by atoms with Crippen molar-refractivity contribution in [1.82, 2.24) is 9.80 Å². The van der Waals surface area contributed by atoms with E-state index in [1.54, 1.807) is 4.90 Å². The van der Waals surface area contributed by atoms with Crippen LogP contribution in [-0.2, 0) is 16.0 Å². The lowest BCUT2D eigenvalue weighted by molar-refractivity contribution is -0.135. The summed E-state index contributed by atoms with van der Waals surface area (Å²) < 4.78 is 15.9. The lowest BCUT2D eigenvalue weighted by Crippen LogP contribution is -2.62. The molecule has 1 aromatic rings. The molecule has 0 spiro atoms. The second-order valence-electron chi connectivity index (χ2n) is 6.79. The second kappa shape index (κ2) is 6.13. The van der Waals surface area contributed by atoms with E-state index in [1.807, 2.05) is 30.0 Å². The third-order valence-corrected chi connectivity index (χ3v) is 5.41. The normalized spacial score (nSPS) is 24.3. The van der Waals surface area contributed by atoms with E-state index in [9.17, 15) is 9.59 Å². The summed E-state index contributed by atoms with van der Waals surface area (Å²) in [6, 6.07) is 5.79. The minimum Gasteiger partial charge on any atom is -0.454 e. The van der Waals surface area contributed by atoms with Gasteiger partial charge in [-0.25, -0.2) is 4.79 Å². The second-order valence-corrected chi connectivity index (χ2v) is 6.79. The van der Waals surface area contributed by atoms with Crippen LogP contribution in [0.25, 0.3) is 0 Å². The van der Waals surface area contributed by atoms with E-state index in [0.717, 1.165) is 23.5 Å². The van der Waals surface area contributed by atoms with Crippen LogP contribution in [0.3, 0.4) is 0 Å². The van der Waals surface area contributed by atoms with Crippen molar-refractivity contribution in [1.29, 1.82) is 0 Å². The van der Waals surface area contributed by atoms with Crippen molar-refractivity contribution in [3.63, 3.8) is 0 Å². The Hall–Kier alpha value is -2.44. The Balaban J connectivity index is 1.38. The van der Waals surface area contributed by atoms with Gasteiger partial charge < -0.3 is 19.1 Å². The first kappa shape index (κ1) is 16.1. The maximum Gasteiger partial charge on any atom is 0.410 e. The molecule has 1 atom stereocenters. The maximum atomic E-state index is 12.7. The van der Waals surface area contributed by atoms with Crippen LogP contribution in [-0.4, -0.2) is 60.4 Å². The molecule has 1 aromatic carbocycles. The summed E-state index contributed by atoms with van der Waals surface area (Å²) in [5, 5.41) is 0. The molecule has 0 N–H and O–H groups in total. The van der Waals surface area contributed by atoms with Gasteiger partial charge in [0.2, 0.25) is 12.7 Å². The highest BCUT2D eigenvalue weighted by Gasteiger charge is 2.50. The van der Waals surface area contributed by atoms with Crippen LogP contribution in [0, 0.1) is 0 Å². The van der Waals surface area contributed by atoms with Crippen LogP contribution in [0.15, 0.2) is 18.2 Å². The summed E-state index contributed by atoms with van der Waals surface area (Å²) in [5.74, 6) is 1.61. The van der Waals surface area contributed by atoms with E-state index in [-0.39, 0.29) is 24.3 Å². The van der Waals surface area contributed by atoms with Crippen molar-refractivity contribution in [2.45, 2.75) is 31.7 Å². The first-order valence-electron chi connectivity index (χ1n) is 8.72. The van der Waals surface area contributed by atoms with Gasteiger partial charge in [0.15, 0.2) is 11.5 Å². The summed E-state index contributed by atoms with van der Waals surface area (Å²) in [6.45, 7) is 4.32. The summed E-state index contributed by atoms with van der Waals surface area (Å²) in [4.78, 5) is 28.1. The van der Waals surface area contributed by atoms with Crippen molar-refractivity contribution in [3.05, 3.63) is 23.8 Å². The number of benzene rings is 1. The zero-order chi connectivity index (χ0) is 17.4. The summed E-state index contributed by atoms with van der Waals surface area (Å²) in [6.07, 6.45) is 1.62. The Bertz CT molecular complexity index is 707. The van der Waals surface area contributed by atoms with E-state index < -0.39 is 0 Å². The van der Waals surface area contributed by atoms with E-state index in [0.29, 0.717) is 39.1 Å². The molecule has 25 heavy (non-hydrogen) atoms. The van der Waals surface area contributed by atoms with Gasteiger partial charge in [-0.3, -0.25) is 9.69 Å². The molecule has 3 heterocycles. The molecule has 7 nitrogen and oxygen atoms in total. The molecule has 0 bridgehead atoms. The largest absolute Gasteiger partial charge is 0.454 e. The van der Waals surface area contributed by atoms with Gasteiger partial charge in [-0.15, -0.1) is 0 Å². The number of piperazine rings is 1. The number of amides is 2. The van der Waals surface area contributed by atoms with E-state index in [2.05, 4.69) is 0 Å². The molecule has 0 aromatic heterocycles. The summed E-state index contributed by atoms with van der Waals surface area (Å²) in [5.41, 5.74) is 0.699. The summed E-state index contributed by atoms with van der Waals surface area (Å²) >= 11 is 0. The smallest absolute Gasteiger partial charge is 0.410 e. The van der Waals surface area contributed by atoms with Gasteiger partial charge in [0, 0.05) is 26.1 Å². The van der Waals surface area contributed by atoms with Crippen molar-refractivity contribution in [2.24, 2.45) is 0 Å². The molecule has 2 amide bonds. The van der Waals surface area contributed by atoms with Crippen LogP contribution in [0.2, 0.25) is 0 Å². The van der Waals surface area contributed by atoms with Gasteiger partial charge in [-0.2, -0.15) is 0 Å². The third-order valence-electron chi connectivity index (χ3n) is 5.41. The molecule has 0 aliphatic carbocycles. The van der Waals surface area contributed by atoms with Crippen molar-refractivity contribution in [2.75, 3.05) is 33.0 Å². The molecular formula is C18H22N2O5. The van der Waals surface area contributed by atoms with Crippen molar-refractivity contribution >= 4 is 12.0 Å². The minimum absolute atomic E-state index is 0.115. The minimum atomic E-state index is -0.357. The summed E-state index contributed by atoms with van der Waals surface area (Å²) in [7, 11) is 0. The van der Waals surface area contributed by atoms with E-state index in [1.165, 1.54) is 0 Å². The number of hydrogen-bond acceptors (Lipinski definition) is 5. The predicted molar refractivity (Wildman–Crippen MR) is 88.5 cm³/mol. The number of fused-ring (bicyclic) bond motifs is 2. The molecule has 2 saturated heterocycles. The molecule has 3 aliphatic rings. The number of rotatable bonds is 4. The lowest BCUT2D eigenvalue weighted by Gasteiger charge is -2.44. The Morgan fingerprint density at radius 3 is 2.88 bits per heavy atom. The van der Waals surface area contributed by atoms with Gasteiger partial charge in [-0.05, 0) is 30.5 Å². The van der Waals surface area contributed by atoms with Crippen molar-refractivity contribution < 1.29 is 23.8 Å². The molecule has 2 fully saturated rings. The van der Waals surface area contributed by atoms with Gasteiger partial charge >= 0.3 is 6.09 Å². The number of aryl methyl sites for hydroxylation is 1. The highest BCUT2D eigenvalue weighted by atomic mass is 16.7. The number of cyclic esters (lactones) is 1. The van der Waals surface area contributed by atoms with E-state index >= 15 is 0 Å². The Kier molecular flexibility index (Phi) is 3.94. The van der Waals surface area contributed by atoms with Gasteiger partial charge in [0.25, 0.3) is 0 Å². The predicted octanol–water partition coefficient (Wildman–Crippen LogP) is 1.79. The Morgan fingerprint density at radius 1 is 1.20 bits per heavy atom. The van der Waals surface area contributed by atoms with Crippen LogP contribution < -0.4 is 9.47 Å².